The highest BCUT2D eigenvalue weighted by Crippen LogP contribution is 2.31. The monoisotopic (exact) mass is 374 g/mol. The van der Waals surface area contributed by atoms with E-state index in [1.165, 1.54) is 18.2 Å². The van der Waals surface area contributed by atoms with Crippen LogP contribution in [0, 0.1) is 0 Å². The van der Waals surface area contributed by atoms with Crippen molar-refractivity contribution in [2.24, 2.45) is 0 Å². The Balaban J connectivity index is 1.62. The Morgan fingerprint density at radius 3 is 2.78 bits per heavy atom. The van der Waals surface area contributed by atoms with Crippen molar-refractivity contribution in [2.45, 2.75) is 19.3 Å². The van der Waals surface area contributed by atoms with E-state index in [0.29, 0.717) is 17.8 Å². The quantitative estimate of drug-likeness (QED) is 0.740. The second-order valence-electron chi connectivity index (χ2n) is 6.11. The molecule has 4 rings (SSSR count). The molecule has 0 saturated carbocycles. The van der Waals surface area contributed by atoms with E-state index in [4.69, 9.17) is 0 Å². The number of nitrogens with one attached hydrogen (secondary N) is 2. The Bertz CT molecular complexity index is 1070. The Morgan fingerprint density at radius 2 is 2.00 bits per heavy atom. The van der Waals surface area contributed by atoms with Crippen LogP contribution in [0.3, 0.4) is 0 Å². The summed E-state index contributed by atoms with van der Waals surface area (Å²) in [6.45, 7) is -0.142. The highest BCUT2D eigenvalue weighted by Gasteiger charge is 2.38. The average Bonchev–Trinajstić information content (AvgIpc) is 3.16. The van der Waals surface area contributed by atoms with Crippen molar-refractivity contribution in [1.29, 1.82) is 0 Å². The summed E-state index contributed by atoms with van der Waals surface area (Å²) in [6, 6.07) is 10.9. The molecule has 2 heterocycles. The lowest BCUT2D eigenvalue weighted by Gasteiger charge is -2.12. The number of amides is 2. The van der Waals surface area contributed by atoms with Crippen LogP contribution in [0.4, 0.5) is 18.9 Å². The number of rotatable bonds is 3. The third-order valence-electron chi connectivity index (χ3n) is 4.29. The number of imidazole rings is 1. The maximum Gasteiger partial charge on any atom is 0.449 e. The van der Waals surface area contributed by atoms with Crippen molar-refractivity contribution in [3.63, 3.8) is 0 Å². The number of hydrogen-bond donors (Lipinski definition) is 2. The Hall–Kier alpha value is -3.36. The number of fused-ring (bicyclic) bond motifs is 2. The van der Waals surface area contributed by atoms with Gasteiger partial charge in [-0.15, -0.1) is 0 Å². The third-order valence-corrected chi connectivity index (χ3v) is 4.29. The summed E-state index contributed by atoms with van der Waals surface area (Å²) in [6.07, 6.45) is -4.69. The number of halogens is 3. The summed E-state index contributed by atoms with van der Waals surface area (Å²) in [5.74, 6) is -2.03. The number of aromatic nitrogens is 2. The first-order chi connectivity index (χ1) is 12.8. The largest absolute Gasteiger partial charge is 0.449 e. The van der Waals surface area contributed by atoms with Crippen LogP contribution >= 0.6 is 0 Å². The SMILES string of the molecule is O=C(Cn1c(C(F)(F)F)nc2ccccc21)Nc1ccc2c(c1)C(=O)NC2. The molecule has 1 aliphatic heterocycles. The lowest BCUT2D eigenvalue weighted by Crippen LogP contribution is -2.23. The lowest BCUT2D eigenvalue weighted by molar-refractivity contribution is -0.147. The van der Waals surface area contributed by atoms with Crippen molar-refractivity contribution < 1.29 is 22.8 Å². The van der Waals surface area contributed by atoms with Crippen LogP contribution in [0.25, 0.3) is 11.0 Å². The first kappa shape index (κ1) is 17.1. The van der Waals surface area contributed by atoms with Gasteiger partial charge in [0.2, 0.25) is 11.7 Å². The van der Waals surface area contributed by atoms with Crippen molar-refractivity contribution >= 4 is 28.5 Å². The van der Waals surface area contributed by atoms with Crippen LogP contribution in [0.5, 0.6) is 0 Å². The lowest BCUT2D eigenvalue weighted by atomic mass is 10.1. The molecule has 3 aromatic rings. The number of benzene rings is 2. The molecule has 0 atom stereocenters. The van der Waals surface area contributed by atoms with Crippen LogP contribution < -0.4 is 10.6 Å². The van der Waals surface area contributed by atoms with E-state index in [2.05, 4.69) is 15.6 Å². The van der Waals surface area contributed by atoms with Crippen LogP contribution in [0.1, 0.15) is 21.7 Å². The van der Waals surface area contributed by atoms with E-state index in [9.17, 15) is 22.8 Å². The van der Waals surface area contributed by atoms with Crippen molar-refractivity contribution in [3.8, 4) is 0 Å². The van der Waals surface area contributed by atoms with Crippen LogP contribution in [-0.4, -0.2) is 21.4 Å². The fourth-order valence-electron chi connectivity index (χ4n) is 3.09. The van der Waals surface area contributed by atoms with Crippen molar-refractivity contribution in [2.75, 3.05) is 5.32 Å². The molecule has 0 aliphatic carbocycles. The maximum atomic E-state index is 13.3. The molecule has 0 bridgehead atoms. The molecule has 1 aromatic heterocycles. The van der Waals surface area contributed by atoms with Crippen LogP contribution in [0.15, 0.2) is 42.5 Å². The van der Waals surface area contributed by atoms with Gasteiger partial charge in [-0.25, -0.2) is 4.98 Å². The third kappa shape index (κ3) is 3.12. The minimum atomic E-state index is -4.69. The van der Waals surface area contributed by atoms with E-state index in [1.54, 1.807) is 24.3 Å². The number of anilines is 1. The molecule has 0 saturated heterocycles. The van der Waals surface area contributed by atoms with E-state index in [-0.39, 0.29) is 16.9 Å². The predicted octanol–water partition coefficient (Wildman–Crippen LogP) is 2.94. The van der Waals surface area contributed by atoms with E-state index in [1.807, 2.05) is 0 Å². The smallest absolute Gasteiger partial charge is 0.348 e. The molecule has 0 fully saturated rings. The number of hydrogen-bond acceptors (Lipinski definition) is 3. The van der Waals surface area contributed by atoms with Crippen LogP contribution in [-0.2, 0) is 24.1 Å². The summed E-state index contributed by atoms with van der Waals surface area (Å²) >= 11 is 0. The summed E-state index contributed by atoms with van der Waals surface area (Å²) in [7, 11) is 0. The zero-order chi connectivity index (χ0) is 19.2. The van der Waals surface area contributed by atoms with Gasteiger partial charge in [0.05, 0.1) is 11.0 Å². The number of carbonyl (C=O) groups is 2. The van der Waals surface area contributed by atoms with Crippen LogP contribution in [0.2, 0.25) is 0 Å². The summed E-state index contributed by atoms with van der Waals surface area (Å²) in [5, 5.41) is 5.20. The minimum absolute atomic E-state index is 0.159. The fraction of sp³-hybridized carbons (Fsp3) is 0.167. The van der Waals surface area contributed by atoms with Gasteiger partial charge in [-0.3, -0.25) is 9.59 Å². The van der Waals surface area contributed by atoms with Gasteiger partial charge in [-0.1, -0.05) is 18.2 Å². The first-order valence-corrected chi connectivity index (χ1v) is 8.06. The van der Waals surface area contributed by atoms with E-state index >= 15 is 0 Å². The molecular weight excluding hydrogens is 361 g/mol. The zero-order valence-electron chi connectivity index (χ0n) is 13.8. The number of carbonyl (C=O) groups excluding carboxylic acids is 2. The molecule has 0 radical (unpaired) electrons. The molecule has 6 nitrogen and oxygen atoms in total. The average molecular weight is 374 g/mol. The van der Waals surface area contributed by atoms with Gasteiger partial charge >= 0.3 is 6.18 Å². The fourth-order valence-corrected chi connectivity index (χ4v) is 3.09. The second-order valence-corrected chi connectivity index (χ2v) is 6.11. The number of alkyl halides is 3. The Kier molecular flexibility index (Phi) is 3.87. The standard InChI is InChI=1S/C18H13F3N4O2/c19-18(20,21)17-24-13-3-1-2-4-14(13)25(17)9-15(26)23-11-6-5-10-8-22-16(27)12(10)7-11/h1-7H,8-9H2,(H,22,27)(H,23,26). The van der Waals surface area contributed by atoms with E-state index in [0.717, 1.165) is 10.1 Å². The molecular formula is C18H13F3N4O2. The van der Waals surface area contributed by atoms with Gasteiger partial charge in [0.15, 0.2) is 0 Å². The second kappa shape index (κ2) is 6.11. The molecule has 1 aliphatic rings. The van der Waals surface area contributed by atoms with Gasteiger partial charge in [0, 0.05) is 17.8 Å². The first-order valence-electron chi connectivity index (χ1n) is 8.06. The van der Waals surface area contributed by atoms with Gasteiger partial charge in [0.25, 0.3) is 5.91 Å². The summed E-state index contributed by atoms with van der Waals surface area (Å²) in [4.78, 5) is 27.7. The maximum absolute atomic E-state index is 13.3. The number of para-hydroxylation sites is 2. The Morgan fingerprint density at radius 1 is 1.22 bits per heavy atom. The van der Waals surface area contributed by atoms with Gasteiger partial charge in [-0.05, 0) is 29.8 Å². The number of nitrogens with zero attached hydrogens (tertiary/aromatic N) is 2. The minimum Gasteiger partial charge on any atom is -0.348 e. The molecule has 2 aromatic carbocycles. The highest BCUT2D eigenvalue weighted by atomic mass is 19.4. The molecule has 9 heteroatoms. The molecule has 0 spiro atoms. The Labute approximate surface area is 151 Å². The molecule has 2 amide bonds. The molecule has 2 N–H and O–H groups in total. The summed E-state index contributed by atoms with van der Waals surface area (Å²) in [5.41, 5.74) is 1.96. The van der Waals surface area contributed by atoms with Gasteiger partial charge in [0.1, 0.15) is 6.54 Å². The summed E-state index contributed by atoms with van der Waals surface area (Å²) < 4.78 is 40.7. The van der Waals surface area contributed by atoms with Gasteiger partial charge in [-0.2, -0.15) is 13.2 Å². The van der Waals surface area contributed by atoms with Crippen molar-refractivity contribution in [1.82, 2.24) is 14.9 Å². The molecule has 138 valence electrons. The highest BCUT2D eigenvalue weighted by molar-refractivity contribution is 6.00. The van der Waals surface area contributed by atoms with Gasteiger partial charge < -0.3 is 15.2 Å². The normalized spacial score (nSPS) is 13.5. The molecule has 0 unspecified atom stereocenters. The van der Waals surface area contributed by atoms with Crippen molar-refractivity contribution in [3.05, 3.63) is 59.4 Å². The molecule has 27 heavy (non-hydrogen) atoms. The predicted molar refractivity (Wildman–Crippen MR) is 91.0 cm³/mol. The zero-order valence-corrected chi connectivity index (χ0v) is 13.8. The topological polar surface area (TPSA) is 76.0 Å². The van der Waals surface area contributed by atoms with E-state index < -0.39 is 24.5 Å².